The zero-order valence-electron chi connectivity index (χ0n) is 14.6. The molecule has 1 N–H and O–H groups in total. The molecule has 0 aromatic heterocycles. The van der Waals surface area contributed by atoms with E-state index < -0.39 is 0 Å². The van der Waals surface area contributed by atoms with Crippen LogP contribution in [-0.2, 0) is 23.4 Å². The molecule has 132 valence electrons. The first kappa shape index (κ1) is 18.0. The molecule has 1 aliphatic carbocycles. The Morgan fingerprint density at radius 1 is 1.16 bits per heavy atom. The summed E-state index contributed by atoms with van der Waals surface area (Å²) in [7, 11) is 0. The Balaban J connectivity index is 1.50. The van der Waals surface area contributed by atoms with Gasteiger partial charge in [0.15, 0.2) is 0 Å². The first-order chi connectivity index (χ1) is 12.1. The summed E-state index contributed by atoms with van der Waals surface area (Å²) < 4.78 is 13.6. The number of carbonyl (C=O) groups excluding carboxylic acids is 1. The average Bonchev–Trinajstić information content (AvgIpc) is 2.63. The Bertz CT molecular complexity index is 746. The molecule has 2 aromatic rings. The van der Waals surface area contributed by atoms with E-state index in [1.54, 1.807) is 12.1 Å². The maximum absolute atomic E-state index is 13.6. The minimum Gasteiger partial charge on any atom is -0.349 e. The van der Waals surface area contributed by atoms with Crippen molar-refractivity contribution in [1.29, 1.82) is 0 Å². The summed E-state index contributed by atoms with van der Waals surface area (Å²) in [4.78, 5) is 12.2. The van der Waals surface area contributed by atoms with Gasteiger partial charge in [0, 0.05) is 5.75 Å². The number of carbonyl (C=O) groups is 1. The molecule has 0 spiro atoms. The van der Waals surface area contributed by atoms with E-state index in [-0.39, 0.29) is 17.8 Å². The van der Waals surface area contributed by atoms with Crippen LogP contribution in [0, 0.1) is 5.82 Å². The van der Waals surface area contributed by atoms with Gasteiger partial charge in [-0.05, 0) is 60.9 Å². The number of benzene rings is 2. The van der Waals surface area contributed by atoms with Crippen LogP contribution in [0.15, 0.2) is 42.5 Å². The van der Waals surface area contributed by atoms with Crippen LogP contribution in [0.2, 0.25) is 0 Å². The van der Waals surface area contributed by atoms with E-state index in [2.05, 4.69) is 23.5 Å². The van der Waals surface area contributed by atoms with Crippen molar-refractivity contribution in [2.24, 2.45) is 0 Å². The lowest BCUT2D eigenvalue weighted by atomic mass is 9.89. The molecule has 0 saturated carbocycles. The number of thioether (sulfide) groups is 1. The van der Waals surface area contributed by atoms with Crippen molar-refractivity contribution in [3.8, 4) is 0 Å². The summed E-state index contributed by atoms with van der Waals surface area (Å²) in [5.41, 5.74) is 4.68. The number of amides is 1. The molecule has 2 nitrogen and oxygen atoms in total. The average molecular weight is 357 g/mol. The molecular weight excluding hydrogens is 333 g/mol. The molecule has 0 fully saturated rings. The lowest BCUT2D eigenvalue weighted by Crippen LogP contribution is -2.28. The second-order valence-electron chi connectivity index (χ2n) is 6.61. The quantitative estimate of drug-likeness (QED) is 0.803. The first-order valence-corrected chi connectivity index (χ1v) is 10.0. The summed E-state index contributed by atoms with van der Waals surface area (Å²) in [6.07, 6.45) is 4.84. The van der Waals surface area contributed by atoms with Crippen molar-refractivity contribution < 1.29 is 9.18 Å². The molecule has 1 atom stereocenters. The van der Waals surface area contributed by atoms with E-state index >= 15 is 0 Å². The van der Waals surface area contributed by atoms with Gasteiger partial charge in [-0.15, -0.1) is 11.8 Å². The Morgan fingerprint density at radius 2 is 1.92 bits per heavy atom. The third kappa shape index (κ3) is 4.85. The predicted octanol–water partition coefficient (Wildman–Crippen LogP) is 4.82. The number of hydrogen-bond acceptors (Lipinski definition) is 2. The summed E-state index contributed by atoms with van der Waals surface area (Å²) in [6, 6.07) is 13.3. The van der Waals surface area contributed by atoms with Crippen molar-refractivity contribution in [3.63, 3.8) is 0 Å². The van der Waals surface area contributed by atoms with E-state index in [4.69, 9.17) is 0 Å². The van der Waals surface area contributed by atoms with Crippen molar-refractivity contribution >= 4 is 17.7 Å². The van der Waals surface area contributed by atoms with Crippen LogP contribution in [0.5, 0.6) is 0 Å². The molecule has 2 aromatic carbocycles. The molecule has 4 heteroatoms. The topological polar surface area (TPSA) is 29.1 Å². The SMILES string of the molecule is C[C@H](NC(=O)CSCc1ccccc1F)c1ccc2c(c1)CCCC2. The van der Waals surface area contributed by atoms with Crippen LogP contribution < -0.4 is 5.32 Å². The van der Waals surface area contributed by atoms with Crippen LogP contribution >= 0.6 is 11.8 Å². The highest BCUT2D eigenvalue weighted by Gasteiger charge is 2.14. The third-order valence-electron chi connectivity index (χ3n) is 4.70. The smallest absolute Gasteiger partial charge is 0.230 e. The first-order valence-electron chi connectivity index (χ1n) is 8.85. The van der Waals surface area contributed by atoms with Crippen LogP contribution in [0.25, 0.3) is 0 Å². The standard InChI is InChI=1S/C21H24FNOS/c1-15(17-11-10-16-6-2-3-7-18(16)12-17)23-21(24)14-25-13-19-8-4-5-9-20(19)22/h4-5,8-12,15H,2-3,6-7,13-14H2,1H3,(H,23,24)/t15-/m0/s1. The molecule has 0 saturated heterocycles. The number of rotatable bonds is 6. The minimum atomic E-state index is -0.210. The van der Waals surface area contributed by atoms with Gasteiger partial charge in [0.25, 0.3) is 0 Å². The number of halogens is 1. The van der Waals surface area contributed by atoms with Crippen molar-refractivity contribution in [2.45, 2.75) is 44.4 Å². The zero-order valence-corrected chi connectivity index (χ0v) is 15.4. The van der Waals surface area contributed by atoms with Gasteiger partial charge in [-0.25, -0.2) is 4.39 Å². The largest absolute Gasteiger partial charge is 0.349 e. The maximum atomic E-state index is 13.6. The predicted molar refractivity (Wildman–Crippen MR) is 102 cm³/mol. The van der Waals surface area contributed by atoms with Gasteiger partial charge in [0.05, 0.1) is 11.8 Å². The Morgan fingerprint density at radius 3 is 2.72 bits per heavy atom. The Kier molecular flexibility index (Phi) is 6.14. The Hall–Kier alpha value is -1.81. The molecule has 25 heavy (non-hydrogen) atoms. The number of aryl methyl sites for hydroxylation is 2. The fourth-order valence-electron chi connectivity index (χ4n) is 3.26. The van der Waals surface area contributed by atoms with E-state index in [1.165, 1.54) is 48.2 Å². The fraction of sp³-hybridized carbons (Fsp3) is 0.381. The molecule has 3 rings (SSSR count). The summed E-state index contributed by atoms with van der Waals surface area (Å²) in [6.45, 7) is 2.02. The third-order valence-corrected chi connectivity index (χ3v) is 5.68. The second-order valence-corrected chi connectivity index (χ2v) is 7.59. The second kappa shape index (κ2) is 8.52. The lowest BCUT2D eigenvalue weighted by molar-refractivity contribution is -0.119. The summed E-state index contributed by atoms with van der Waals surface area (Å²) in [5, 5.41) is 3.05. The van der Waals surface area contributed by atoms with E-state index in [1.807, 2.05) is 13.0 Å². The van der Waals surface area contributed by atoms with Gasteiger partial charge in [0.2, 0.25) is 5.91 Å². The van der Waals surface area contributed by atoms with Gasteiger partial charge >= 0.3 is 0 Å². The van der Waals surface area contributed by atoms with E-state index in [0.29, 0.717) is 17.1 Å². The van der Waals surface area contributed by atoms with Crippen molar-refractivity contribution in [1.82, 2.24) is 5.32 Å². The summed E-state index contributed by atoms with van der Waals surface area (Å²) >= 11 is 1.44. The van der Waals surface area contributed by atoms with E-state index in [9.17, 15) is 9.18 Å². The van der Waals surface area contributed by atoms with Crippen molar-refractivity contribution in [2.75, 3.05) is 5.75 Å². The molecule has 1 aliphatic rings. The summed E-state index contributed by atoms with van der Waals surface area (Å²) in [5.74, 6) is 0.626. The molecule has 0 radical (unpaired) electrons. The number of fused-ring (bicyclic) bond motifs is 1. The van der Waals surface area contributed by atoms with Gasteiger partial charge in [-0.3, -0.25) is 4.79 Å². The number of nitrogens with one attached hydrogen (secondary N) is 1. The van der Waals surface area contributed by atoms with Crippen LogP contribution in [0.4, 0.5) is 4.39 Å². The molecular formula is C21H24FNOS. The van der Waals surface area contributed by atoms with Gasteiger partial charge in [0.1, 0.15) is 5.82 Å². The van der Waals surface area contributed by atoms with Crippen LogP contribution in [0.1, 0.15) is 48.1 Å². The van der Waals surface area contributed by atoms with Crippen LogP contribution in [0.3, 0.4) is 0 Å². The highest BCUT2D eigenvalue weighted by atomic mass is 32.2. The number of hydrogen-bond donors (Lipinski definition) is 1. The monoisotopic (exact) mass is 357 g/mol. The highest BCUT2D eigenvalue weighted by Crippen LogP contribution is 2.25. The lowest BCUT2D eigenvalue weighted by Gasteiger charge is -2.20. The fourth-order valence-corrected chi connectivity index (χ4v) is 4.08. The highest BCUT2D eigenvalue weighted by molar-refractivity contribution is 7.99. The van der Waals surface area contributed by atoms with Gasteiger partial charge < -0.3 is 5.32 Å². The maximum Gasteiger partial charge on any atom is 0.230 e. The van der Waals surface area contributed by atoms with Crippen LogP contribution in [-0.4, -0.2) is 11.7 Å². The van der Waals surface area contributed by atoms with Gasteiger partial charge in [-0.2, -0.15) is 0 Å². The molecule has 0 bridgehead atoms. The molecule has 0 unspecified atom stereocenters. The molecule has 1 amide bonds. The molecule has 0 aliphatic heterocycles. The van der Waals surface area contributed by atoms with E-state index in [0.717, 1.165) is 12.0 Å². The molecule has 0 heterocycles. The zero-order chi connectivity index (χ0) is 17.6. The van der Waals surface area contributed by atoms with Gasteiger partial charge in [-0.1, -0.05) is 36.4 Å². The normalized spacial score (nSPS) is 14.6. The minimum absolute atomic E-state index is 0.00575. The van der Waals surface area contributed by atoms with Crippen molar-refractivity contribution in [3.05, 3.63) is 70.5 Å². The Labute approximate surface area is 153 Å².